The molecule has 10 nitrogen and oxygen atoms in total. The van der Waals surface area contributed by atoms with Crippen LogP contribution in [-0.2, 0) is 0 Å². The fraction of sp³-hybridized carbons (Fsp3) is 0.174. The van der Waals surface area contributed by atoms with Crippen LogP contribution in [0, 0.1) is 0 Å². The minimum absolute atomic E-state index is 0.166. The van der Waals surface area contributed by atoms with E-state index in [0.717, 1.165) is 24.1 Å². The molecule has 0 aliphatic heterocycles. The van der Waals surface area contributed by atoms with Crippen LogP contribution in [0.2, 0.25) is 0 Å². The van der Waals surface area contributed by atoms with Crippen LogP contribution in [-0.4, -0.2) is 36.4 Å². The van der Waals surface area contributed by atoms with Crippen molar-refractivity contribution in [2.45, 2.75) is 24.4 Å². The number of amides is 1. The molecule has 1 aliphatic carbocycles. The van der Waals surface area contributed by atoms with Crippen LogP contribution in [0.25, 0.3) is 5.69 Å². The average molecular weight is 441 g/mol. The van der Waals surface area contributed by atoms with Gasteiger partial charge in [-0.05, 0) is 36.6 Å². The standard InChI is InChI=1S/C23H23N9O/c24-20(33)18-14-26-22(30-19(23(25)9-10-23)15-5-2-1-3-6-15)31-21(18)29-16-7-4-8-17(13-16)32-27-11-12-28-32/h1-8,11-14,19H,9-10,25H2,(H2,24,33)(H2,26,29,30,31)/t19-/m1/s1. The van der Waals surface area contributed by atoms with Crippen LogP contribution in [0.4, 0.5) is 17.5 Å². The quantitative estimate of drug-likeness (QED) is 0.326. The molecule has 0 unspecified atom stereocenters. The van der Waals surface area contributed by atoms with E-state index in [1.54, 1.807) is 12.4 Å². The Morgan fingerprint density at radius 3 is 2.52 bits per heavy atom. The molecule has 6 N–H and O–H groups in total. The number of hydrogen-bond donors (Lipinski definition) is 4. The zero-order chi connectivity index (χ0) is 22.8. The monoisotopic (exact) mass is 441 g/mol. The molecule has 1 atom stereocenters. The second kappa shape index (κ2) is 8.32. The molecule has 166 valence electrons. The summed E-state index contributed by atoms with van der Waals surface area (Å²) in [6, 6.07) is 17.2. The van der Waals surface area contributed by atoms with Crippen molar-refractivity contribution in [2.75, 3.05) is 10.6 Å². The van der Waals surface area contributed by atoms with Crippen molar-refractivity contribution in [3.05, 3.63) is 84.3 Å². The smallest absolute Gasteiger partial charge is 0.254 e. The van der Waals surface area contributed by atoms with Crippen LogP contribution in [0.15, 0.2) is 73.2 Å². The molecule has 10 heteroatoms. The van der Waals surface area contributed by atoms with Gasteiger partial charge in [0.1, 0.15) is 11.4 Å². The van der Waals surface area contributed by atoms with Gasteiger partial charge in [-0.15, -0.1) is 0 Å². The second-order valence-corrected chi connectivity index (χ2v) is 8.04. The number of benzene rings is 2. The highest BCUT2D eigenvalue weighted by atomic mass is 16.1. The Labute approximate surface area is 190 Å². The highest BCUT2D eigenvalue weighted by molar-refractivity contribution is 5.98. The lowest BCUT2D eigenvalue weighted by atomic mass is 9.98. The summed E-state index contributed by atoms with van der Waals surface area (Å²) in [7, 11) is 0. The van der Waals surface area contributed by atoms with Gasteiger partial charge in [-0.2, -0.15) is 20.0 Å². The van der Waals surface area contributed by atoms with E-state index >= 15 is 0 Å². The minimum atomic E-state index is -0.633. The predicted molar refractivity (Wildman–Crippen MR) is 124 cm³/mol. The Kier molecular flexibility index (Phi) is 5.19. The van der Waals surface area contributed by atoms with Gasteiger partial charge in [0.05, 0.1) is 24.1 Å². The molecule has 0 spiro atoms. The number of nitrogens with two attached hydrogens (primary N) is 2. The first-order valence-electron chi connectivity index (χ1n) is 10.5. The summed E-state index contributed by atoms with van der Waals surface area (Å²) in [6.45, 7) is 0. The maximum atomic E-state index is 12.0. The van der Waals surface area contributed by atoms with Crippen molar-refractivity contribution in [1.29, 1.82) is 0 Å². The first kappa shape index (κ1) is 20.6. The number of anilines is 3. The van der Waals surface area contributed by atoms with E-state index in [2.05, 4.69) is 30.8 Å². The van der Waals surface area contributed by atoms with E-state index in [-0.39, 0.29) is 17.1 Å². The molecular formula is C23H23N9O. The zero-order valence-electron chi connectivity index (χ0n) is 17.7. The van der Waals surface area contributed by atoms with Gasteiger partial charge in [0, 0.05) is 17.4 Å². The first-order chi connectivity index (χ1) is 16.0. The molecule has 1 aliphatic rings. The van der Waals surface area contributed by atoms with Crippen molar-refractivity contribution < 1.29 is 4.79 Å². The SMILES string of the molecule is NC(=O)c1cnc(N[C@H](c2ccccc2)C2(N)CC2)nc1Nc1cccc(-n2nccn2)c1. The molecule has 0 radical (unpaired) electrons. The van der Waals surface area contributed by atoms with Gasteiger partial charge >= 0.3 is 0 Å². The van der Waals surface area contributed by atoms with Crippen molar-refractivity contribution in [1.82, 2.24) is 25.0 Å². The molecule has 1 amide bonds. The van der Waals surface area contributed by atoms with E-state index in [9.17, 15) is 4.79 Å². The van der Waals surface area contributed by atoms with Crippen LogP contribution in [0.3, 0.4) is 0 Å². The molecule has 33 heavy (non-hydrogen) atoms. The van der Waals surface area contributed by atoms with Gasteiger partial charge in [-0.1, -0.05) is 36.4 Å². The number of carbonyl (C=O) groups excluding carboxylic acids is 1. The highest BCUT2D eigenvalue weighted by Gasteiger charge is 2.47. The molecule has 2 aromatic carbocycles. The van der Waals surface area contributed by atoms with E-state index < -0.39 is 5.91 Å². The molecule has 4 aromatic rings. The Balaban J connectivity index is 1.46. The summed E-state index contributed by atoms with van der Waals surface area (Å²) in [4.78, 5) is 22.4. The van der Waals surface area contributed by atoms with Gasteiger partial charge in [0.25, 0.3) is 5.91 Å². The molecule has 1 fully saturated rings. The van der Waals surface area contributed by atoms with Crippen LogP contribution in [0.5, 0.6) is 0 Å². The maximum absolute atomic E-state index is 12.0. The van der Waals surface area contributed by atoms with Crippen molar-refractivity contribution in [3.8, 4) is 5.69 Å². The Hall–Kier alpha value is -4.31. The normalized spacial score (nSPS) is 14.9. The van der Waals surface area contributed by atoms with E-state index in [1.165, 1.54) is 11.0 Å². The minimum Gasteiger partial charge on any atom is -0.365 e. The van der Waals surface area contributed by atoms with Gasteiger partial charge in [0.2, 0.25) is 5.95 Å². The van der Waals surface area contributed by atoms with E-state index in [1.807, 2.05) is 54.6 Å². The van der Waals surface area contributed by atoms with Gasteiger partial charge in [0.15, 0.2) is 0 Å². The Bertz CT molecular complexity index is 1270. The lowest BCUT2D eigenvalue weighted by Crippen LogP contribution is -2.36. The summed E-state index contributed by atoms with van der Waals surface area (Å²) in [5.41, 5.74) is 14.4. The summed E-state index contributed by atoms with van der Waals surface area (Å²) < 4.78 is 0. The van der Waals surface area contributed by atoms with Gasteiger partial charge in [-0.3, -0.25) is 4.79 Å². The topological polar surface area (TPSA) is 150 Å². The largest absolute Gasteiger partial charge is 0.365 e. The molecule has 1 saturated carbocycles. The van der Waals surface area contributed by atoms with E-state index in [0.29, 0.717) is 17.5 Å². The number of nitrogens with one attached hydrogen (secondary N) is 2. The second-order valence-electron chi connectivity index (χ2n) is 8.04. The predicted octanol–water partition coefficient (Wildman–Crippen LogP) is 2.54. The van der Waals surface area contributed by atoms with Crippen molar-refractivity contribution in [3.63, 3.8) is 0 Å². The Morgan fingerprint density at radius 1 is 1.06 bits per heavy atom. The molecule has 0 bridgehead atoms. The van der Waals surface area contributed by atoms with Gasteiger partial charge < -0.3 is 22.1 Å². The fourth-order valence-electron chi connectivity index (χ4n) is 3.69. The third kappa shape index (κ3) is 4.37. The average Bonchev–Trinajstić information content (AvgIpc) is 3.33. The molecule has 0 saturated heterocycles. The lowest BCUT2D eigenvalue weighted by Gasteiger charge is -2.25. The van der Waals surface area contributed by atoms with Gasteiger partial charge in [-0.25, -0.2) is 4.98 Å². The van der Waals surface area contributed by atoms with Crippen molar-refractivity contribution in [2.24, 2.45) is 11.5 Å². The first-order valence-corrected chi connectivity index (χ1v) is 10.5. The number of nitrogens with zero attached hydrogens (tertiary/aromatic N) is 5. The van der Waals surface area contributed by atoms with Crippen LogP contribution in [0.1, 0.15) is 34.8 Å². The third-order valence-electron chi connectivity index (χ3n) is 5.62. The number of carbonyl (C=O) groups is 1. The summed E-state index contributed by atoms with van der Waals surface area (Å²) in [5.74, 6) is 0.00303. The molecule has 2 aromatic heterocycles. The number of rotatable bonds is 8. The maximum Gasteiger partial charge on any atom is 0.254 e. The zero-order valence-corrected chi connectivity index (χ0v) is 17.7. The van der Waals surface area contributed by atoms with E-state index in [4.69, 9.17) is 11.5 Å². The summed E-state index contributed by atoms with van der Waals surface area (Å²) in [6.07, 6.45) is 6.41. The van der Waals surface area contributed by atoms with Crippen LogP contribution < -0.4 is 22.1 Å². The molecular weight excluding hydrogens is 418 g/mol. The Morgan fingerprint density at radius 2 is 1.82 bits per heavy atom. The third-order valence-corrected chi connectivity index (χ3v) is 5.62. The molecule has 5 rings (SSSR count). The number of aromatic nitrogens is 5. The summed E-state index contributed by atoms with van der Waals surface area (Å²) in [5, 5.41) is 14.8. The van der Waals surface area contributed by atoms with Crippen molar-refractivity contribution >= 4 is 23.4 Å². The fourth-order valence-corrected chi connectivity index (χ4v) is 3.69. The van der Waals surface area contributed by atoms with Crippen LogP contribution >= 0.6 is 0 Å². The lowest BCUT2D eigenvalue weighted by molar-refractivity contribution is 0.100. The number of primary amides is 1. The highest BCUT2D eigenvalue weighted by Crippen LogP contribution is 2.45. The number of hydrogen-bond acceptors (Lipinski definition) is 8. The summed E-state index contributed by atoms with van der Waals surface area (Å²) >= 11 is 0. The molecule has 2 heterocycles.